The van der Waals surface area contributed by atoms with Crippen molar-refractivity contribution in [3.63, 3.8) is 0 Å². The molecule has 13 heavy (non-hydrogen) atoms. The molecule has 0 aliphatic rings. The number of thiophene rings is 1. The maximum atomic E-state index is 10.8. The third-order valence-corrected chi connectivity index (χ3v) is 3.20. The van der Waals surface area contributed by atoms with Crippen molar-refractivity contribution in [2.45, 2.75) is 19.4 Å². The molecule has 0 aliphatic carbocycles. The van der Waals surface area contributed by atoms with Crippen LogP contribution in [-0.2, 0) is 10.2 Å². The second-order valence-corrected chi connectivity index (χ2v) is 4.94. The third-order valence-electron chi connectivity index (χ3n) is 1.60. The van der Waals surface area contributed by atoms with Crippen LogP contribution in [0.4, 0.5) is 0 Å². The summed E-state index contributed by atoms with van der Waals surface area (Å²) in [7, 11) is -3.60. The average Bonchev–Trinajstić information content (AvgIpc) is 2.50. The molecule has 4 nitrogen and oxygen atoms in total. The fourth-order valence-corrected chi connectivity index (χ4v) is 2.66. The zero-order valence-electron chi connectivity index (χ0n) is 7.23. The van der Waals surface area contributed by atoms with Crippen LogP contribution in [0.15, 0.2) is 17.5 Å². The van der Waals surface area contributed by atoms with Gasteiger partial charge in [0.1, 0.15) is 0 Å². The molecule has 1 aromatic heterocycles. The molecule has 0 spiro atoms. The molecule has 3 N–H and O–H groups in total. The molecule has 6 heteroatoms. The van der Waals surface area contributed by atoms with Crippen molar-refractivity contribution < 1.29 is 8.42 Å². The fraction of sp³-hybridized carbons (Fsp3) is 0.429. The Morgan fingerprint density at radius 3 is 2.77 bits per heavy atom. The molecule has 0 fully saturated rings. The zero-order chi connectivity index (χ0) is 9.90. The molecule has 1 heterocycles. The summed E-state index contributed by atoms with van der Waals surface area (Å²) in [6.07, 6.45) is 0.691. The molecule has 1 aromatic rings. The van der Waals surface area contributed by atoms with Crippen LogP contribution in [0.1, 0.15) is 24.3 Å². The number of nitrogens with two attached hydrogens (primary N) is 1. The van der Waals surface area contributed by atoms with E-state index in [2.05, 4.69) is 4.72 Å². The summed E-state index contributed by atoms with van der Waals surface area (Å²) >= 11 is 1.51. The Balaban J connectivity index is 2.76. The highest BCUT2D eigenvalue weighted by Crippen LogP contribution is 2.21. The van der Waals surface area contributed by atoms with Gasteiger partial charge >= 0.3 is 0 Å². The predicted octanol–water partition coefficient (Wildman–Crippen LogP) is 0.992. The maximum absolute atomic E-state index is 10.8. The van der Waals surface area contributed by atoms with E-state index in [9.17, 15) is 8.42 Å². The Kier molecular flexibility index (Phi) is 3.43. The highest BCUT2D eigenvalue weighted by molar-refractivity contribution is 7.87. The molecule has 1 rings (SSSR count). The predicted molar refractivity (Wildman–Crippen MR) is 53.6 cm³/mol. The molecular weight excluding hydrogens is 208 g/mol. The number of nitrogens with one attached hydrogen (secondary N) is 1. The largest absolute Gasteiger partial charge is 0.274 e. The molecule has 1 atom stereocenters. The lowest BCUT2D eigenvalue weighted by Crippen LogP contribution is -2.33. The van der Waals surface area contributed by atoms with E-state index in [-0.39, 0.29) is 6.04 Å². The standard InChI is InChI=1S/C7H12N2O2S2/c1-2-6(9-13(8,10)11)7-4-3-5-12-7/h3-6,9H,2H2,1H3,(H2,8,10,11). The van der Waals surface area contributed by atoms with Crippen molar-refractivity contribution in [1.82, 2.24) is 4.72 Å². The Morgan fingerprint density at radius 2 is 2.38 bits per heavy atom. The molecule has 0 amide bonds. The van der Waals surface area contributed by atoms with Gasteiger partial charge in [0, 0.05) is 4.88 Å². The lowest BCUT2D eigenvalue weighted by molar-refractivity contribution is 0.555. The summed E-state index contributed by atoms with van der Waals surface area (Å²) in [5, 5.41) is 6.79. The maximum Gasteiger partial charge on any atom is 0.274 e. The topological polar surface area (TPSA) is 72.2 Å². The second-order valence-electron chi connectivity index (χ2n) is 2.64. The van der Waals surface area contributed by atoms with Gasteiger partial charge in [-0.25, -0.2) is 5.14 Å². The Labute approximate surface area is 82.0 Å². The molecule has 0 aromatic carbocycles. The summed E-state index contributed by atoms with van der Waals surface area (Å²) in [6, 6.07) is 3.57. The first kappa shape index (κ1) is 10.6. The van der Waals surface area contributed by atoms with Crippen LogP contribution >= 0.6 is 11.3 Å². The van der Waals surface area contributed by atoms with Crippen LogP contribution in [0, 0.1) is 0 Å². The molecule has 1 unspecified atom stereocenters. The summed E-state index contributed by atoms with van der Waals surface area (Å²) in [6.45, 7) is 1.91. The SMILES string of the molecule is CCC(NS(N)(=O)=O)c1cccs1. The van der Waals surface area contributed by atoms with Crippen molar-refractivity contribution in [2.75, 3.05) is 0 Å². The Bertz CT molecular complexity index is 345. The van der Waals surface area contributed by atoms with Crippen molar-refractivity contribution in [3.05, 3.63) is 22.4 Å². The monoisotopic (exact) mass is 220 g/mol. The molecule has 0 saturated carbocycles. The quantitative estimate of drug-likeness (QED) is 0.794. The van der Waals surface area contributed by atoms with E-state index < -0.39 is 10.2 Å². The van der Waals surface area contributed by atoms with Crippen molar-refractivity contribution in [1.29, 1.82) is 0 Å². The van der Waals surface area contributed by atoms with Gasteiger partial charge < -0.3 is 0 Å². The number of rotatable bonds is 4. The van der Waals surface area contributed by atoms with Crippen LogP contribution in [0.25, 0.3) is 0 Å². The fourth-order valence-electron chi connectivity index (χ4n) is 1.03. The van der Waals surface area contributed by atoms with Gasteiger partial charge in [0.25, 0.3) is 10.2 Å². The second kappa shape index (κ2) is 4.19. The summed E-state index contributed by atoms with van der Waals surface area (Å²) in [4.78, 5) is 0.983. The highest BCUT2D eigenvalue weighted by Gasteiger charge is 2.14. The highest BCUT2D eigenvalue weighted by atomic mass is 32.2. The molecular formula is C7H12N2O2S2. The molecule has 0 radical (unpaired) electrons. The van der Waals surface area contributed by atoms with E-state index in [0.29, 0.717) is 6.42 Å². The van der Waals surface area contributed by atoms with Crippen molar-refractivity contribution >= 4 is 21.5 Å². The minimum atomic E-state index is -3.60. The average molecular weight is 220 g/mol. The smallest absolute Gasteiger partial charge is 0.216 e. The van der Waals surface area contributed by atoms with Crippen LogP contribution in [-0.4, -0.2) is 8.42 Å². The molecule has 0 saturated heterocycles. The van der Waals surface area contributed by atoms with Gasteiger partial charge in [-0.15, -0.1) is 11.3 Å². The summed E-state index contributed by atoms with van der Waals surface area (Å²) in [5.41, 5.74) is 0. The van der Waals surface area contributed by atoms with Gasteiger partial charge in [-0.1, -0.05) is 13.0 Å². The minimum absolute atomic E-state index is 0.199. The van der Waals surface area contributed by atoms with Crippen LogP contribution < -0.4 is 9.86 Å². The summed E-state index contributed by atoms with van der Waals surface area (Å²) in [5.74, 6) is 0. The van der Waals surface area contributed by atoms with E-state index in [1.807, 2.05) is 24.4 Å². The van der Waals surface area contributed by atoms with Crippen LogP contribution in [0.5, 0.6) is 0 Å². The molecule has 0 aliphatic heterocycles. The normalized spacial score (nSPS) is 14.3. The molecule has 0 bridgehead atoms. The minimum Gasteiger partial charge on any atom is -0.216 e. The van der Waals surface area contributed by atoms with E-state index in [4.69, 9.17) is 5.14 Å². The third kappa shape index (κ3) is 3.43. The first-order chi connectivity index (χ1) is 6.03. The van der Waals surface area contributed by atoms with E-state index in [0.717, 1.165) is 4.88 Å². The van der Waals surface area contributed by atoms with Gasteiger partial charge in [-0.05, 0) is 17.9 Å². The van der Waals surface area contributed by atoms with Crippen LogP contribution in [0.3, 0.4) is 0 Å². The first-order valence-corrected chi connectivity index (χ1v) is 6.29. The van der Waals surface area contributed by atoms with Gasteiger partial charge in [-0.3, -0.25) is 0 Å². The first-order valence-electron chi connectivity index (χ1n) is 3.86. The Hall–Kier alpha value is -0.430. The van der Waals surface area contributed by atoms with E-state index >= 15 is 0 Å². The van der Waals surface area contributed by atoms with Gasteiger partial charge in [-0.2, -0.15) is 13.1 Å². The van der Waals surface area contributed by atoms with Gasteiger partial charge in [0.2, 0.25) is 0 Å². The van der Waals surface area contributed by atoms with Gasteiger partial charge in [0.15, 0.2) is 0 Å². The van der Waals surface area contributed by atoms with E-state index in [1.54, 1.807) is 0 Å². The number of hydrogen-bond acceptors (Lipinski definition) is 3. The lowest BCUT2D eigenvalue weighted by atomic mass is 10.2. The van der Waals surface area contributed by atoms with Crippen molar-refractivity contribution in [3.8, 4) is 0 Å². The lowest BCUT2D eigenvalue weighted by Gasteiger charge is -2.12. The Morgan fingerprint density at radius 1 is 1.69 bits per heavy atom. The number of hydrogen-bond donors (Lipinski definition) is 2. The van der Waals surface area contributed by atoms with Crippen LogP contribution in [0.2, 0.25) is 0 Å². The van der Waals surface area contributed by atoms with Gasteiger partial charge in [0.05, 0.1) is 6.04 Å². The van der Waals surface area contributed by atoms with Crippen molar-refractivity contribution in [2.24, 2.45) is 5.14 Å². The zero-order valence-corrected chi connectivity index (χ0v) is 8.86. The summed E-state index contributed by atoms with van der Waals surface area (Å²) < 4.78 is 23.9. The van der Waals surface area contributed by atoms with E-state index in [1.165, 1.54) is 11.3 Å². The molecule has 74 valence electrons.